The van der Waals surface area contributed by atoms with Gasteiger partial charge in [-0.25, -0.2) is 0 Å². The van der Waals surface area contributed by atoms with E-state index in [0.29, 0.717) is 13.2 Å². The van der Waals surface area contributed by atoms with E-state index in [1.807, 2.05) is 0 Å². The van der Waals surface area contributed by atoms with Crippen LogP contribution < -0.4 is 5.32 Å². The molecule has 1 fully saturated rings. The summed E-state index contributed by atoms with van der Waals surface area (Å²) >= 11 is 0. The number of likely N-dealkylation sites (tertiary alicyclic amines) is 1. The quantitative estimate of drug-likeness (QED) is 0.507. The van der Waals surface area contributed by atoms with Gasteiger partial charge in [-0.1, -0.05) is 0 Å². The molecule has 1 heterocycles. The number of carbonyl (C=O) groups excluding carboxylic acids is 2. The molecule has 1 aliphatic heterocycles. The van der Waals surface area contributed by atoms with E-state index in [2.05, 4.69) is 5.32 Å². The number of carbonyl (C=O) groups is 2. The molecule has 2 amide bonds. The van der Waals surface area contributed by atoms with Gasteiger partial charge in [-0.15, -0.1) is 0 Å². The Morgan fingerprint density at radius 1 is 1.33 bits per heavy atom. The highest BCUT2D eigenvalue weighted by Gasteiger charge is 2.19. The molecule has 5 nitrogen and oxygen atoms in total. The van der Waals surface area contributed by atoms with Gasteiger partial charge in [0.2, 0.25) is 11.8 Å². The zero-order valence-electron chi connectivity index (χ0n) is 9.12. The fourth-order valence-corrected chi connectivity index (χ4v) is 1.57. The lowest BCUT2D eigenvalue weighted by molar-refractivity contribution is -0.135. The molecular weight excluding hydrogens is 196 g/mol. The molecule has 15 heavy (non-hydrogen) atoms. The van der Waals surface area contributed by atoms with Crippen molar-refractivity contribution in [3.05, 3.63) is 0 Å². The SMILES string of the molecule is COCCNC(=O)CC(=O)N1CCCC1. The van der Waals surface area contributed by atoms with E-state index in [9.17, 15) is 9.59 Å². The van der Waals surface area contributed by atoms with E-state index in [-0.39, 0.29) is 18.2 Å². The van der Waals surface area contributed by atoms with E-state index in [0.717, 1.165) is 25.9 Å². The van der Waals surface area contributed by atoms with Crippen molar-refractivity contribution in [1.82, 2.24) is 10.2 Å². The second kappa shape index (κ2) is 6.40. The summed E-state index contributed by atoms with van der Waals surface area (Å²) in [5.41, 5.74) is 0. The Morgan fingerprint density at radius 2 is 2.00 bits per heavy atom. The van der Waals surface area contributed by atoms with Crippen LogP contribution in [0.3, 0.4) is 0 Å². The number of hydrogen-bond acceptors (Lipinski definition) is 3. The molecule has 0 aromatic carbocycles. The first kappa shape index (κ1) is 12.0. The monoisotopic (exact) mass is 214 g/mol. The van der Waals surface area contributed by atoms with Gasteiger partial charge < -0.3 is 15.0 Å². The Bertz CT molecular complexity index is 225. The van der Waals surface area contributed by atoms with Gasteiger partial charge in [0.05, 0.1) is 6.61 Å². The molecule has 1 rings (SSSR count). The number of hydrogen-bond donors (Lipinski definition) is 1. The fourth-order valence-electron chi connectivity index (χ4n) is 1.57. The minimum Gasteiger partial charge on any atom is -0.383 e. The predicted octanol–water partition coefficient (Wildman–Crippen LogP) is -0.238. The molecular formula is C10H18N2O3. The third-order valence-electron chi connectivity index (χ3n) is 2.40. The Balaban J connectivity index is 2.16. The average Bonchev–Trinajstić information content (AvgIpc) is 2.70. The van der Waals surface area contributed by atoms with Crippen molar-refractivity contribution in [2.24, 2.45) is 0 Å². The summed E-state index contributed by atoms with van der Waals surface area (Å²) in [5, 5.41) is 2.63. The molecule has 0 aromatic heterocycles. The first-order chi connectivity index (χ1) is 7.24. The molecule has 0 atom stereocenters. The third-order valence-corrected chi connectivity index (χ3v) is 2.40. The molecule has 86 valence electrons. The van der Waals surface area contributed by atoms with Crippen molar-refractivity contribution >= 4 is 11.8 Å². The molecule has 1 N–H and O–H groups in total. The molecule has 0 saturated carbocycles. The van der Waals surface area contributed by atoms with Crippen LogP contribution in [0, 0.1) is 0 Å². The van der Waals surface area contributed by atoms with E-state index in [1.54, 1.807) is 12.0 Å². The van der Waals surface area contributed by atoms with E-state index in [1.165, 1.54) is 0 Å². The summed E-state index contributed by atoms with van der Waals surface area (Å²) in [6.45, 7) is 2.53. The lowest BCUT2D eigenvalue weighted by Gasteiger charge is -2.14. The Hall–Kier alpha value is -1.10. The van der Waals surface area contributed by atoms with Gasteiger partial charge in [0, 0.05) is 26.7 Å². The van der Waals surface area contributed by atoms with Gasteiger partial charge in [-0.05, 0) is 12.8 Å². The molecule has 0 radical (unpaired) electrons. The van der Waals surface area contributed by atoms with E-state index >= 15 is 0 Å². The second-order valence-corrected chi connectivity index (χ2v) is 3.61. The zero-order chi connectivity index (χ0) is 11.1. The van der Waals surface area contributed by atoms with Gasteiger partial charge in [0.25, 0.3) is 0 Å². The molecule has 0 aromatic rings. The standard InChI is InChI=1S/C10H18N2O3/c1-15-7-4-11-9(13)8-10(14)12-5-2-3-6-12/h2-8H2,1H3,(H,11,13). The number of methoxy groups -OCH3 is 1. The summed E-state index contributed by atoms with van der Waals surface area (Å²) in [7, 11) is 1.57. The maximum atomic E-state index is 11.5. The van der Waals surface area contributed by atoms with Crippen LogP contribution in [-0.2, 0) is 14.3 Å². The van der Waals surface area contributed by atoms with Crippen molar-refractivity contribution in [3.63, 3.8) is 0 Å². The van der Waals surface area contributed by atoms with Gasteiger partial charge in [0.15, 0.2) is 0 Å². The van der Waals surface area contributed by atoms with Gasteiger partial charge in [-0.3, -0.25) is 9.59 Å². The summed E-state index contributed by atoms with van der Waals surface area (Å²) in [6.07, 6.45) is 2.07. The highest BCUT2D eigenvalue weighted by Crippen LogP contribution is 2.08. The van der Waals surface area contributed by atoms with Gasteiger partial charge in [-0.2, -0.15) is 0 Å². The minimum atomic E-state index is -0.219. The number of nitrogens with zero attached hydrogens (tertiary/aromatic N) is 1. The van der Waals surface area contributed by atoms with Crippen LogP contribution in [0.2, 0.25) is 0 Å². The van der Waals surface area contributed by atoms with E-state index in [4.69, 9.17) is 4.74 Å². The van der Waals surface area contributed by atoms with Gasteiger partial charge >= 0.3 is 0 Å². The lowest BCUT2D eigenvalue weighted by atomic mass is 10.3. The lowest BCUT2D eigenvalue weighted by Crippen LogP contribution is -2.35. The number of amides is 2. The largest absolute Gasteiger partial charge is 0.383 e. The average molecular weight is 214 g/mol. The third kappa shape index (κ3) is 4.29. The van der Waals surface area contributed by atoms with Crippen LogP contribution >= 0.6 is 0 Å². The topological polar surface area (TPSA) is 58.6 Å². The predicted molar refractivity (Wildman–Crippen MR) is 55.3 cm³/mol. The highest BCUT2D eigenvalue weighted by molar-refractivity contribution is 5.96. The van der Waals surface area contributed by atoms with E-state index < -0.39 is 0 Å². The van der Waals surface area contributed by atoms with Crippen molar-refractivity contribution in [1.29, 1.82) is 0 Å². The minimum absolute atomic E-state index is 0.0380. The molecule has 1 saturated heterocycles. The highest BCUT2D eigenvalue weighted by atomic mass is 16.5. The Kier molecular flexibility index (Phi) is 5.10. The molecule has 0 aliphatic carbocycles. The maximum Gasteiger partial charge on any atom is 0.232 e. The number of rotatable bonds is 5. The van der Waals surface area contributed by atoms with Crippen LogP contribution in [0.5, 0.6) is 0 Å². The summed E-state index contributed by atoms with van der Waals surface area (Å²) < 4.78 is 4.79. The Labute approximate surface area is 89.8 Å². The second-order valence-electron chi connectivity index (χ2n) is 3.61. The normalized spacial score (nSPS) is 15.4. The van der Waals surface area contributed by atoms with Crippen molar-refractivity contribution < 1.29 is 14.3 Å². The molecule has 0 spiro atoms. The fraction of sp³-hybridized carbons (Fsp3) is 0.800. The number of ether oxygens (including phenoxy) is 1. The molecule has 5 heteroatoms. The summed E-state index contributed by atoms with van der Waals surface area (Å²) in [6, 6.07) is 0. The van der Waals surface area contributed by atoms with Crippen molar-refractivity contribution in [2.45, 2.75) is 19.3 Å². The van der Waals surface area contributed by atoms with Crippen LogP contribution in [0.1, 0.15) is 19.3 Å². The zero-order valence-corrected chi connectivity index (χ0v) is 9.12. The molecule has 0 bridgehead atoms. The molecule has 1 aliphatic rings. The van der Waals surface area contributed by atoms with Gasteiger partial charge in [0.1, 0.15) is 6.42 Å². The van der Waals surface area contributed by atoms with Crippen LogP contribution in [0.15, 0.2) is 0 Å². The maximum absolute atomic E-state index is 11.5. The van der Waals surface area contributed by atoms with Crippen LogP contribution in [0.4, 0.5) is 0 Å². The van der Waals surface area contributed by atoms with Crippen molar-refractivity contribution in [3.8, 4) is 0 Å². The number of nitrogens with one attached hydrogen (secondary N) is 1. The van der Waals surface area contributed by atoms with Crippen LogP contribution in [0.25, 0.3) is 0 Å². The smallest absolute Gasteiger partial charge is 0.232 e. The molecule has 0 unspecified atom stereocenters. The first-order valence-electron chi connectivity index (χ1n) is 5.27. The summed E-state index contributed by atoms with van der Waals surface area (Å²) in [4.78, 5) is 24.5. The Morgan fingerprint density at radius 3 is 2.60 bits per heavy atom. The van der Waals surface area contributed by atoms with Crippen molar-refractivity contribution in [2.75, 3.05) is 33.4 Å². The van der Waals surface area contributed by atoms with Crippen LogP contribution in [-0.4, -0.2) is 50.1 Å². The first-order valence-corrected chi connectivity index (χ1v) is 5.27. The summed E-state index contributed by atoms with van der Waals surface area (Å²) in [5.74, 6) is -0.286.